The summed E-state index contributed by atoms with van der Waals surface area (Å²) in [5.41, 5.74) is 5.06. The summed E-state index contributed by atoms with van der Waals surface area (Å²) < 4.78 is 18.3. The summed E-state index contributed by atoms with van der Waals surface area (Å²) in [6.07, 6.45) is 0. The fourth-order valence-corrected chi connectivity index (χ4v) is 6.94. The van der Waals surface area contributed by atoms with Crippen LogP contribution in [-0.4, -0.2) is 5.97 Å². The maximum atomic E-state index is 12.3. The molecule has 0 saturated heterocycles. The lowest BCUT2D eigenvalue weighted by Gasteiger charge is -2.07. The highest BCUT2D eigenvalue weighted by Crippen LogP contribution is 2.46. The molecule has 0 amide bonds. The topological polar surface area (TPSA) is 52.6 Å². The Kier molecular flexibility index (Phi) is 4.63. The van der Waals surface area contributed by atoms with E-state index in [1.807, 2.05) is 24.3 Å². The molecule has 0 spiro atoms. The smallest absolute Gasteiger partial charge is 0.347 e. The molecule has 194 valence electrons. The molecule has 0 saturated carbocycles. The SMILES string of the molecule is Cc1ccc2c(c1)c1ccccc1c1c3cc4oc5c6ccc(C(=O)OI)cc6c6ccccc6c5c4cc3oc21. The van der Waals surface area contributed by atoms with E-state index < -0.39 is 0 Å². The maximum absolute atomic E-state index is 12.3. The number of rotatable bonds is 1. The van der Waals surface area contributed by atoms with Crippen molar-refractivity contribution in [3.8, 4) is 0 Å². The van der Waals surface area contributed by atoms with E-state index in [-0.39, 0.29) is 5.97 Å². The van der Waals surface area contributed by atoms with Crippen molar-refractivity contribution in [1.29, 1.82) is 0 Å². The molecule has 41 heavy (non-hydrogen) atoms. The van der Waals surface area contributed by atoms with Gasteiger partial charge in [0.25, 0.3) is 0 Å². The molecule has 4 nitrogen and oxygen atoms in total. The van der Waals surface area contributed by atoms with Gasteiger partial charge in [-0.2, -0.15) is 0 Å². The van der Waals surface area contributed by atoms with Crippen molar-refractivity contribution in [2.24, 2.45) is 0 Å². The van der Waals surface area contributed by atoms with Crippen LogP contribution in [0.4, 0.5) is 0 Å². The van der Waals surface area contributed by atoms with Crippen LogP contribution in [0.15, 0.2) is 106 Å². The minimum Gasteiger partial charge on any atom is -0.455 e. The third-order valence-electron chi connectivity index (χ3n) is 8.46. The Morgan fingerprint density at radius 2 is 1.07 bits per heavy atom. The summed E-state index contributed by atoms with van der Waals surface area (Å²) in [5, 5.41) is 12.9. The highest BCUT2D eigenvalue weighted by Gasteiger charge is 2.21. The number of hydrogen-bond donors (Lipinski definition) is 0. The van der Waals surface area contributed by atoms with Crippen LogP contribution in [0.3, 0.4) is 0 Å². The maximum Gasteiger partial charge on any atom is 0.347 e. The third-order valence-corrected chi connectivity index (χ3v) is 8.86. The Bertz CT molecular complexity index is 2600. The van der Waals surface area contributed by atoms with Crippen molar-refractivity contribution in [2.45, 2.75) is 6.92 Å². The summed E-state index contributed by atoms with van der Waals surface area (Å²) in [6.45, 7) is 2.13. The Morgan fingerprint density at radius 3 is 1.63 bits per heavy atom. The van der Waals surface area contributed by atoms with Gasteiger partial charge in [-0.25, -0.2) is 4.79 Å². The number of hydrogen-bond acceptors (Lipinski definition) is 4. The standard InChI is InChI=1S/C36H19IO4/c1-18-10-12-24-26(14-18)20-6-2-4-8-22(20)32-28-16-31-29(17-30(28)39-34(24)32)33-23-9-5-3-7-21(23)27-15-19(36(38)41-37)11-13-25(27)35(33)40-31/h2-17H,1H3. The lowest BCUT2D eigenvalue weighted by molar-refractivity contribution is 0.0800. The molecule has 9 rings (SSSR count). The van der Waals surface area contributed by atoms with Gasteiger partial charge in [0, 0.05) is 32.3 Å². The predicted molar refractivity (Wildman–Crippen MR) is 175 cm³/mol. The normalized spacial score (nSPS) is 12.2. The molecule has 0 fully saturated rings. The van der Waals surface area contributed by atoms with Crippen molar-refractivity contribution in [3.63, 3.8) is 0 Å². The quantitative estimate of drug-likeness (QED) is 0.132. The molecule has 0 atom stereocenters. The molecule has 0 bridgehead atoms. The minimum absolute atomic E-state index is 0.372. The molecule has 2 heterocycles. The predicted octanol–water partition coefficient (Wildman–Crippen LogP) is 10.9. The lowest BCUT2D eigenvalue weighted by Crippen LogP contribution is -1.97. The van der Waals surface area contributed by atoms with Crippen LogP contribution < -0.4 is 0 Å². The number of furan rings is 2. The molecule has 0 unspecified atom stereocenters. The number of fused-ring (bicyclic) bond motifs is 16. The Labute approximate surface area is 246 Å². The first-order chi connectivity index (χ1) is 20.1. The molecule has 7 aromatic carbocycles. The Morgan fingerprint density at radius 1 is 0.561 bits per heavy atom. The number of halogens is 1. The molecule has 0 aliphatic heterocycles. The van der Waals surface area contributed by atoms with Crippen LogP contribution in [0.25, 0.3) is 87.0 Å². The van der Waals surface area contributed by atoms with Crippen molar-refractivity contribution in [2.75, 3.05) is 0 Å². The fraction of sp³-hybridized carbons (Fsp3) is 0.0278. The Hall–Kier alpha value is -4.62. The number of aryl methyl sites for hydroxylation is 1. The van der Waals surface area contributed by atoms with Gasteiger partial charge < -0.3 is 11.9 Å². The molecule has 0 N–H and O–H groups in total. The third kappa shape index (κ3) is 3.07. The van der Waals surface area contributed by atoms with Crippen LogP contribution in [0.1, 0.15) is 15.9 Å². The molecule has 2 aromatic heterocycles. The molecule has 0 aliphatic carbocycles. The van der Waals surface area contributed by atoms with Crippen LogP contribution in [0, 0.1) is 6.92 Å². The van der Waals surface area contributed by atoms with Crippen LogP contribution in [0.5, 0.6) is 0 Å². The van der Waals surface area contributed by atoms with E-state index in [0.717, 1.165) is 70.8 Å². The van der Waals surface area contributed by atoms with E-state index in [1.54, 1.807) is 29.1 Å². The molecule has 5 heteroatoms. The highest BCUT2D eigenvalue weighted by molar-refractivity contribution is 14.1. The molecular formula is C36H19IO4. The van der Waals surface area contributed by atoms with E-state index >= 15 is 0 Å². The van der Waals surface area contributed by atoms with Gasteiger partial charge in [0.15, 0.2) is 23.0 Å². The van der Waals surface area contributed by atoms with E-state index in [2.05, 4.69) is 73.7 Å². The van der Waals surface area contributed by atoms with E-state index in [9.17, 15) is 4.79 Å². The van der Waals surface area contributed by atoms with Gasteiger partial charge in [0.2, 0.25) is 0 Å². The van der Waals surface area contributed by atoms with Crippen LogP contribution in [-0.2, 0) is 3.07 Å². The van der Waals surface area contributed by atoms with Crippen molar-refractivity contribution >= 4 is 116 Å². The lowest BCUT2D eigenvalue weighted by atomic mass is 9.94. The molecular weight excluding hydrogens is 623 g/mol. The van der Waals surface area contributed by atoms with E-state index in [1.165, 1.54) is 21.7 Å². The monoisotopic (exact) mass is 642 g/mol. The minimum atomic E-state index is -0.372. The Balaban J connectivity index is 1.46. The summed E-state index contributed by atoms with van der Waals surface area (Å²) in [4.78, 5) is 12.3. The van der Waals surface area contributed by atoms with Gasteiger partial charge in [0.1, 0.15) is 22.3 Å². The number of carbonyl (C=O) groups is 1. The first kappa shape index (κ1) is 23.1. The largest absolute Gasteiger partial charge is 0.455 e. The van der Waals surface area contributed by atoms with Gasteiger partial charge in [-0.05, 0) is 69.6 Å². The van der Waals surface area contributed by atoms with Gasteiger partial charge in [0.05, 0.1) is 5.56 Å². The summed E-state index contributed by atoms with van der Waals surface area (Å²) in [6, 6.07) is 33.3. The van der Waals surface area contributed by atoms with Crippen LogP contribution in [0.2, 0.25) is 0 Å². The average molecular weight is 642 g/mol. The van der Waals surface area contributed by atoms with E-state index in [0.29, 0.717) is 5.56 Å². The summed E-state index contributed by atoms with van der Waals surface area (Å²) >= 11 is 1.63. The molecule has 9 aromatic rings. The summed E-state index contributed by atoms with van der Waals surface area (Å²) in [5.74, 6) is -0.372. The zero-order valence-electron chi connectivity index (χ0n) is 21.7. The summed E-state index contributed by atoms with van der Waals surface area (Å²) in [7, 11) is 0. The van der Waals surface area contributed by atoms with Gasteiger partial charge in [-0.1, -0.05) is 72.3 Å². The molecule has 0 radical (unpaired) electrons. The fourth-order valence-electron chi connectivity index (χ4n) is 6.69. The van der Waals surface area contributed by atoms with Crippen LogP contribution >= 0.6 is 23.0 Å². The second kappa shape index (κ2) is 8.21. The van der Waals surface area contributed by atoms with E-state index in [4.69, 9.17) is 11.9 Å². The van der Waals surface area contributed by atoms with Crippen molar-refractivity contribution in [3.05, 3.63) is 108 Å². The second-order valence-corrected chi connectivity index (χ2v) is 11.2. The van der Waals surface area contributed by atoms with Crippen molar-refractivity contribution < 1.29 is 16.7 Å². The second-order valence-electron chi connectivity index (χ2n) is 10.7. The van der Waals surface area contributed by atoms with Crippen molar-refractivity contribution in [1.82, 2.24) is 0 Å². The van der Waals surface area contributed by atoms with Gasteiger partial charge in [-0.3, -0.25) is 0 Å². The zero-order valence-corrected chi connectivity index (χ0v) is 23.9. The zero-order chi connectivity index (χ0) is 27.4. The van der Waals surface area contributed by atoms with Gasteiger partial charge >= 0.3 is 5.97 Å². The first-order valence-electron chi connectivity index (χ1n) is 13.4. The van der Waals surface area contributed by atoms with Gasteiger partial charge in [-0.15, -0.1) is 0 Å². The highest BCUT2D eigenvalue weighted by atomic mass is 127. The molecule has 0 aliphatic rings. The first-order valence-corrected chi connectivity index (χ1v) is 14.3. The number of carbonyl (C=O) groups excluding carboxylic acids is 1. The average Bonchev–Trinajstić information content (AvgIpc) is 3.58. The number of benzene rings is 7.